The average Bonchev–Trinajstić information content (AvgIpc) is 3.09. The Hall–Kier alpha value is -4.00. The maximum atomic E-state index is 13.3. The number of nitrogens with zero attached hydrogens (tertiary/aromatic N) is 2. The molecule has 3 aromatic rings. The summed E-state index contributed by atoms with van der Waals surface area (Å²) >= 11 is 0. The van der Waals surface area contributed by atoms with E-state index in [2.05, 4.69) is 10.7 Å². The zero-order chi connectivity index (χ0) is 23.5. The van der Waals surface area contributed by atoms with Crippen molar-refractivity contribution in [2.75, 3.05) is 19.0 Å². The van der Waals surface area contributed by atoms with Gasteiger partial charge in [0, 0.05) is 36.5 Å². The monoisotopic (exact) mass is 445 g/mol. The zero-order valence-electron chi connectivity index (χ0n) is 18.7. The van der Waals surface area contributed by atoms with Crippen molar-refractivity contribution in [3.63, 3.8) is 0 Å². The molecule has 0 bridgehead atoms. The number of rotatable bonds is 5. The quantitative estimate of drug-likeness (QED) is 0.593. The van der Waals surface area contributed by atoms with Crippen molar-refractivity contribution in [2.45, 2.75) is 19.0 Å². The van der Waals surface area contributed by atoms with Gasteiger partial charge in [-0.2, -0.15) is 0 Å². The third-order valence-electron chi connectivity index (χ3n) is 5.65. The number of amides is 2. The number of aryl methyl sites for hydroxylation is 1. The first-order valence-corrected chi connectivity index (χ1v) is 10.7. The molecule has 1 fully saturated rings. The van der Waals surface area contributed by atoms with Crippen molar-refractivity contribution < 1.29 is 18.7 Å². The van der Waals surface area contributed by atoms with Crippen LogP contribution in [-0.4, -0.2) is 42.9 Å². The van der Waals surface area contributed by atoms with E-state index in [1.165, 1.54) is 24.3 Å². The fourth-order valence-corrected chi connectivity index (χ4v) is 3.79. The first-order valence-electron chi connectivity index (χ1n) is 10.7. The summed E-state index contributed by atoms with van der Waals surface area (Å²) < 4.78 is 15.0. The molecule has 2 amide bonds. The van der Waals surface area contributed by atoms with Crippen LogP contribution in [-0.2, 0) is 4.79 Å². The maximum absolute atomic E-state index is 13.3. The molecule has 2 N–H and O–H groups in total. The van der Waals surface area contributed by atoms with Gasteiger partial charge >= 0.3 is 5.91 Å². The summed E-state index contributed by atoms with van der Waals surface area (Å²) in [6.45, 7) is 1.99. The van der Waals surface area contributed by atoms with E-state index in [0.29, 0.717) is 0 Å². The van der Waals surface area contributed by atoms with Gasteiger partial charge in [0.2, 0.25) is 12.3 Å². The Kier molecular flexibility index (Phi) is 6.22. The molecule has 1 aliphatic heterocycles. The van der Waals surface area contributed by atoms with Crippen LogP contribution < -0.4 is 15.6 Å². The second-order valence-electron chi connectivity index (χ2n) is 8.31. The number of hydrogen-bond acceptors (Lipinski definition) is 3. The summed E-state index contributed by atoms with van der Waals surface area (Å²) in [6, 6.07) is 19.7. The Labute approximate surface area is 192 Å². The van der Waals surface area contributed by atoms with E-state index in [9.17, 15) is 14.0 Å². The fourth-order valence-electron chi connectivity index (χ4n) is 3.79. The molecular formula is C26H26FN4O2+. The smallest absolute Gasteiger partial charge is 0.304 e. The van der Waals surface area contributed by atoms with E-state index in [0.717, 1.165) is 22.4 Å². The minimum Gasteiger partial charge on any atom is -0.378 e. The van der Waals surface area contributed by atoms with Gasteiger partial charge in [0.25, 0.3) is 5.91 Å². The lowest BCUT2D eigenvalue weighted by atomic mass is 9.98. The summed E-state index contributed by atoms with van der Waals surface area (Å²) in [4.78, 5) is 27.8. The van der Waals surface area contributed by atoms with Crippen LogP contribution in [0.4, 0.5) is 10.1 Å². The first kappa shape index (κ1) is 22.2. The number of hydrogen-bond donors (Lipinski definition) is 2. The third kappa shape index (κ3) is 4.92. The van der Waals surface area contributed by atoms with Gasteiger partial charge in [-0.05, 0) is 55.5 Å². The molecule has 3 aromatic carbocycles. The Balaban J connectivity index is 1.68. The lowest BCUT2D eigenvalue weighted by molar-refractivity contribution is -0.596. The molecule has 33 heavy (non-hydrogen) atoms. The SMILES string of the molecule is Cc1ccc([C@@H]2[C@H](NC(=O)c3ccc(F)cc3)C(=O)N/[N+]2=C\c2ccc(N(C)C)cc2)cc1. The second kappa shape index (κ2) is 9.24. The van der Waals surface area contributed by atoms with Gasteiger partial charge in [-0.1, -0.05) is 29.8 Å². The van der Waals surface area contributed by atoms with Crippen molar-refractivity contribution in [3.8, 4) is 0 Å². The minimum absolute atomic E-state index is 0.286. The topological polar surface area (TPSA) is 64.5 Å². The van der Waals surface area contributed by atoms with E-state index in [1.54, 1.807) is 4.68 Å². The molecular weight excluding hydrogens is 419 g/mol. The summed E-state index contributed by atoms with van der Waals surface area (Å²) in [5.41, 5.74) is 7.11. The van der Waals surface area contributed by atoms with Gasteiger partial charge in [-0.3, -0.25) is 9.59 Å². The van der Waals surface area contributed by atoms with Crippen LogP contribution in [0.1, 0.15) is 33.1 Å². The highest BCUT2D eigenvalue weighted by atomic mass is 19.1. The molecule has 0 spiro atoms. The highest BCUT2D eigenvalue weighted by Gasteiger charge is 2.47. The van der Waals surface area contributed by atoms with Crippen molar-refractivity contribution in [1.82, 2.24) is 10.7 Å². The van der Waals surface area contributed by atoms with Crippen LogP contribution in [0.3, 0.4) is 0 Å². The molecule has 0 radical (unpaired) electrons. The molecule has 7 heteroatoms. The van der Waals surface area contributed by atoms with Crippen LogP contribution in [0, 0.1) is 12.7 Å². The second-order valence-corrected chi connectivity index (χ2v) is 8.31. The third-order valence-corrected chi connectivity index (χ3v) is 5.65. The molecule has 4 rings (SSSR count). The van der Waals surface area contributed by atoms with Crippen LogP contribution in [0.5, 0.6) is 0 Å². The van der Waals surface area contributed by atoms with Crippen molar-refractivity contribution in [2.24, 2.45) is 0 Å². The fraction of sp³-hybridized carbons (Fsp3) is 0.192. The number of hydrazone groups is 1. The number of halogens is 1. The average molecular weight is 446 g/mol. The van der Waals surface area contributed by atoms with Crippen molar-refractivity contribution in [1.29, 1.82) is 0 Å². The standard InChI is InChI=1S/C26H25FN4O2/c1-17-4-8-19(9-5-17)24-23(28-25(32)20-10-12-21(27)13-11-20)26(33)29-31(24)16-18-6-14-22(15-7-18)30(2)3/h4-16,23-24H,1-3H3,(H-,28,29,32,33)/p+1/t23-,24+/m0/s1. The molecule has 1 saturated heterocycles. The number of hydrazine groups is 1. The molecule has 2 atom stereocenters. The number of carbonyl (C=O) groups excluding carboxylic acids is 2. The van der Waals surface area contributed by atoms with E-state index in [4.69, 9.17) is 0 Å². The lowest BCUT2D eigenvalue weighted by Gasteiger charge is -2.15. The first-order chi connectivity index (χ1) is 15.8. The van der Waals surface area contributed by atoms with Gasteiger partial charge in [0.05, 0.1) is 0 Å². The van der Waals surface area contributed by atoms with Gasteiger partial charge in [-0.25, -0.2) is 4.39 Å². The van der Waals surface area contributed by atoms with E-state index in [-0.39, 0.29) is 11.5 Å². The minimum atomic E-state index is -0.831. The molecule has 168 valence electrons. The van der Waals surface area contributed by atoms with Crippen LogP contribution in [0.2, 0.25) is 0 Å². The maximum Gasteiger partial charge on any atom is 0.304 e. The number of carbonyl (C=O) groups is 2. The van der Waals surface area contributed by atoms with Gasteiger partial charge < -0.3 is 10.2 Å². The van der Waals surface area contributed by atoms with Crippen LogP contribution in [0.25, 0.3) is 0 Å². The summed E-state index contributed by atoms with van der Waals surface area (Å²) in [6.07, 6.45) is 1.85. The lowest BCUT2D eigenvalue weighted by Crippen LogP contribution is -2.42. The highest BCUT2D eigenvalue weighted by molar-refractivity contribution is 5.98. The van der Waals surface area contributed by atoms with E-state index in [1.807, 2.05) is 80.7 Å². The largest absolute Gasteiger partial charge is 0.378 e. The van der Waals surface area contributed by atoms with Gasteiger partial charge in [0.15, 0.2) is 6.04 Å². The van der Waals surface area contributed by atoms with Crippen molar-refractivity contribution in [3.05, 3.63) is 101 Å². The molecule has 0 aromatic heterocycles. The Morgan fingerprint density at radius 1 is 1.00 bits per heavy atom. The highest BCUT2D eigenvalue weighted by Crippen LogP contribution is 2.26. The predicted octanol–water partition coefficient (Wildman–Crippen LogP) is 3.22. The molecule has 0 aliphatic carbocycles. The molecule has 0 saturated carbocycles. The van der Waals surface area contributed by atoms with E-state index >= 15 is 0 Å². The summed E-state index contributed by atoms with van der Waals surface area (Å²) in [5, 5.41) is 2.83. The van der Waals surface area contributed by atoms with Gasteiger partial charge in [-0.15, -0.1) is 10.1 Å². The molecule has 1 heterocycles. The summed E-state index contributed by atoms with van der Waals surface area (Å²) in [7, 11) is 3.95. The Bertz CT molecular complexity index is 1190. The number of nitrogens with one attached hydrogen (secondary N) is 2. The normalized spacial score (nSPS) is 18.8. The number of benzene rings is 3. The van der Waals surface area contributed by atoms with E-state index < -0.39 is 23.8 Å². The van der Waals surface area contributed by atoms with Crippen LogP contribution >= 0.6 is 0 Å². The molecule has 6 nitrogen and oxygen atoms in total. The number of anilines is 1. The molecule has 1 aliphatic rings. The van der Waals surface area contributed by atoms with Gasteiger partial charge in [0.1, 0.15) is 5.82 Å². The van der Waals surface area contributed by atoms with Crippen molar-refractivity contribution >= 4 is 23.7 Å². The van der Waals surface area contributed by atoms with Crippen LogP contribution in [0.15, 0.2) is 72.8 Å². The summed E-state index contributed by atoms with van der Waals surface area (Å²) in [5.74, 6) is -1.19. The Morgan fingerprint density at radius 3 is 2.24 bits per heavy atom. The molecule has 0 unspecified atom stereocenters. The predicted molar refractivity (Wildman–Crippen MR) is 126 cm³/mol. The Morgan fingerprint density at radius 2 is 1.64 bits per heavy atom. The zero-order valence-corrected chi connectivity index (χ0v) is 18.7.